The van der Waals surface area contributed by atoms with E-state index in [1.807, 2.05) is 37.6 Å². The lowest BCUT2D eigenvalue weighted by atomic mass is 10.1. The van der Waals surface area contributed by atoms with Gasteiger partial charge in [-0.25, -0.2) is 4.98 Å². The second-order valence-corrected chi connectivity index (χ2v) is 5.37. The molecular weight excluding hydrogens is 266 g/mol. The van der Waals surface area contributed by atoms with Crippen molar-refractivity contribution in [3.63, 3.8) is 0 Å². The second kappa shape index (κ2) is 6.63. The third-order valence-corrected chi connectivity index (χ3v) is 3.39. The van der Waals surface area contributed by atoms with E-state index < -0.39 is 0 Å². The van der Waals surface area contributed by atoms with E-state index in [1.54, 1.807) is 7.11 Å². The van der Waals surface area contributed by atoms with Crippen LogP contribution in [-0.2, 0) is 6.61 Å². The van der Waals surface area contributed by atoms with E-state index in [9.17, 15) is 0 Å². The Balaban J connectivity index is 2.14. The molecule has 0 radical (unpaired) electrons. The van der Waals surface area contributed by atoms with Crippen molar-refractivity contribution >= 4 is 0 Å². The summed E-state index contributed by atoms with van der Waals surface area (Å²) in [5.41, 5.74) is 7.93. The van der Waals surface area contributed by atoms with Gasteiger partial charge in [0.25, 0.3) is 0 Å². The van der Waals surface area contributed by atoms with Crippen LogP contribution in [0.2, 0.25) is 0 Å². The average Bonchev–Trinajstić information content (AvgIpc) is 2.93. The molecule has 5 nitrogen and oxygen atoms in total. The van der Waals surface area contributed by atoms with Gasteiger partial charge in [0.1, 0.15) is 6.61 Å². The number of ether oxygens (including phenoxy) is 2. The van der Waals surface area contributed by atoms with E-state index >= 15 is 0 Å². The number of methoxy groups -OCH3 is 1. The molecule has 0 saturated carbocycles. The smallest absolute Gasteiger partial charge is 0.161 e. The lowest BCUT2D eigenvalue weighted by molar-refractivity contribution is 0.273. The normalized spacial score (nSPS) is 12.5. The molecule has 0 saturated heterocycles. The van der Waals surface area contributed by atoms with Crippen LogP contribution in [0.3, 0.4) is 0 Å². The van der Waals surface area contributed by atoms with Crippen LogP contribution in [0.5, 0.6) is 11.5 Å². The van der Waals surface area contributed by atoms with Crippen LogP contribution < -0.4 is 15.2 Å². The number of hydrogen-bond acceptors (Lipinski definition) is 4. The molecule has 5 heteroatoms. The highest BCUT2D eigenvalue weighted by Crippen LogP contribution is 2.30. The highest BCUT2D eigenvalue weighted by Gasteiger charge is 2.10. The summed E-state index contributed by atoms with van der Waals surface area (Å²) in [6.45, 7) is 6.62. The highest BCUT2D eigenvalue weighted by atomic mass is 16.5. The van der Waals surface area contributed by atoms with Crippen molar-refractivity contribution in [2.75, 3.05) is 7.11 Å². The predicted molar refractivity (Wildman–Crippen MR) is 82.5 cm³/mol. The highest BCUT2D eigenvalue weighted by molar-refractivity contribution is 5.43. The van der Waals surface area contributed by atoms with Gasteiger partial charge in [0.05, 0.1) is 25.3 Å². The summed E-state index contributed by atoms with van der Waals surface area (Å²) in [6.07, 6.45) is 3.64. The van der Waals surface area contributed by atoms with Gasteiger partial charge in [-0.15, -0.1) is 0 Å². The molecule has 0 spiro atoms. The largest absolute Gasteiger partial charge is 0.493 e. The van der Waals surface area contributed by atoms with Crippen molar-refractivity contribution in [1.29, 1.82) is 0 Å². The molecule has 0 aliphatic heterocycles. The number of aromatic nitrogens is 2. The van der Waals surface area contributed by atoms with E-state index in [4.69, 9.17) is 15.2 Å². The maximum atomic E-state index is 5.88. The first-order valence-corrected chi connectivity index (χ1v) is 7.10. The van der Waals surface area contributed by atoms with Gasteiger partial charge in [0, 0.05) is 12.1 Å². The van der Waals surface area contributed by atoms with Crippen molar-refractivity contribution in [2.24, 2.45) is 5.73 Å². The molecule has 0 bridgehead atoms. The first-order valence-electron chi connectivity index (χ1n) is 7.10. The molecule has 1 heterocycles. The Hall–Kier alpha value is -2.01. The summed E-state index contributed by atoms with van der Waals surface area (Å²) in [4.78, 5) is 4.17. The molecule has 1 aromatic heterocycles. The van der Waals surface area contributed by atoms with E-state index in [1.165, 1.54) is 0 Å². The Kier molecular flexibility index (Phi) is 4.85. The zero-order chi connectivity index (χ0) is 15.4. The number of nitrogens with zero attached hydrogens (tertiary/aromatic N) is 2. The van der Waals surface area contributed by atoms with Gasteiger partial charge in [0.2, 0.25) is 0 Å². The number of nitrogens with two attached hydrogens (primary N) is 1. The van der Waals surface area contributed by atoms with Crippen LogP contribution >= 0.6 is 0 Å². The summed E-state index contributed by atoms with van der Waals surface area (Å²) in [7, 11) is 1.63. The minimum absolute atomic E-state index is 0.0321. The molecule has 0 amide bonds. The fourth-order valence-electron chi connectivity index (χ4n) is 2.15. The molecule has 2 aromatic rings. The number of rotatable bonds is 6. The van der Waals surface area contributed by atoms with E-state index in [0.717, 1.165) is 11.3 Å². The van der Waals surface area contributed by atoms with Gasteiger partial charge in [-0.3, -0.25) is 0 Å². The predicted octanol–water partition coefficient (Wildman–Crippen LogP) is 3.07. The van der Waals surface area contributed by atoms with Gasteiger partial charge >= 0.3 is 0 Å². The minimum atomic E-state index is -0.0321. The van der Waals surface area contributed by atoms with Crippen molar-refractivity contribution in [1.82, 2.24) is 9.55 Å². The summed E-state index contributed by atoms with van der Waals surface area (Å²) in [5, 5.41) is 0. The Labute approximate surface area is 125 Å². The van der Waals surface area contributed by atoms with Crippen molar-refractivity contribution in [3.05, 3.63) is 42.0 Å². The molecule has 114 valence electrons. The molecular formula is C16H23N3O2. The van der Waals surface area contributed by atoms with Gasteiger partial charge < -0.3 is 19.8 Å². The molecule has 2 rings (SSSR count). The summed E-state index contributed by atoms with van der Waals surface area (Å²) < 4.78 is 13.3. The van der Waals surface area contributed by atoms with Crippen LogP contribution in [0.4, 0.5) is 0 Å². The molecule has 2 N–H and O–H groups in total. The van der Waals surface area contributed by atoms with Crippen LogP contribution in [0, 0.1) is 0 Å². The third kappa shape index (κ3) is 3.55. The first kappa shape index (κ1) is 15.4. The Morgan fingerprint density at radius 3 is 2.62 bits per heavy atom. The number of benzene rings is 1. The van der Waals surface area contributed by atoms with Crippen molar-refractivity contribution in [3.8, 4) is 11.5 Å². The fourth-order valence-corrected chi connectivity index (χ4v) is 2.15. The Morgan fingerprint density at radius 1 is 1.24 bits per heavy atom. The van der Waals surface area contributed by atoms with Crippen molar-refractivity contribution in [2.45, 2.75) is 39.5 Å². The van der Waals surface area contributed by atoms with Crippen LogP contribution in [0.1, 0.15) is 44.1 Å². The van der Waals surface area contributed by atoms with Gasteiger partial charge in [-0.2, -0.15) is 0 Å². The van der Waals surface area contributed by atoms with Gasteiger partial charge in [0.15, 0.2) is 11.5 Å². The standard InChI is InChI=1S/C16H23N3O2/c1-11(2)19-10-18-8-14(19)9-21-15-6-5-13(12(3)17)7-16(15)20-4/h5-8,10-12H,9,17H2,1-4H3/t12-/m0/s1. The number of hydrogen-bond donors (Lipinski definition) is 1. The molecule has 1 aromatic carbocycles. The summed E-state index contributed by atoms with van der Waals surface area (Å²) >= 11 is 0. The first-order chi connectivity index (χ1) is 10.0. The molecule has 0 fully saturated rings. The van der Waals surface area contributed by atoms with Gasteiger partial charge in [-0.1, -0.05) is 6.07 Å². The average molecular weight is 289 g/mol. The molecule has 1 atom stereocenters. The topological polar surface area (TPSA) is 62.3 Å². The van der Waals surface area contributed by atoms with Crippen LogP contribution in [0.25, 0.3) is 0 Å². The Bertz CT molecular complexity index is 591. The van der Waals surface area contributed by atoms with Crippen molar-refractivity contribution < 1.29 is 9.47 Å². The maximum absolute atomic E-state index is 5.88. The summed E-state index contributed by atoms with van der Waals surface area (Å²) in [5.74, 6) is 1.40. The summed E-state index contributed by atoms with van der Waals surface area (Å²) in [6, 6.07) is 6.10. The molecule has 0 aliphatic rings. The quantitative estimate of drug-likeness (QED) is 0.887. The maximum Gasteiger partial charge on any atom is 0.161 e. The van der Waals surface area contributed by atoms with E-state index in [0.29, 0.717) is 24.1 Å². The lowest BCUT2D eigenvalue weighted by Gasteiger charge is -2.15. The van der Waals surface area contributed by atoms with Crippen LogP contribution in [-0.4, -0.2) is 16.7 Å². The van der Waals surface area contributed by atoms with Crippen LogP contribution in [0.15, 0.2) is 30.7 Å². The third-order valence-electron chi connectivity index (χ3n) is 3.39. The zero-order valence-corrected chi connectivity index (χ0v) is 13.0. The molecule has 21 heavy (non-hydrogen) atoms. The Morgan fingerprint density at radius 2 is 2.00 bits per heavy atom. The SMILES string of the molecule is COc1cc([C@H](C)N)ccc1OCc1cncn1C(C)C. The van der Waals surface area contributed by atoms with E-state index in [-0.39, 0.29) is 6.04 Å². The van der Waals surface area contributed by atoms with E-state index in [2.05, 4.69) is 23.4 Å². The fraction of sp³-hybridized carbons (Fsp3) is 0.438. The second-order valence-electron chi connectivity index (χ2n) is 5.37. The number of imidazole rings is 1. The zero-order valence-electron chi connectivity index (χ0n) is 13.0. The molecule has 0 aliphatic carbocycles. The minimum Gasteiger partial charge on any atom is -0.493 e. The monoisotopic (exact) mass is 289 g/mol. The lowest BCUT2D eigenvalue weighted by Crippen LogP contribution is -2.08. The van der Waals surface area contributed by atoms with Gasteiger partial charge in [-0.05, 0) is 38.5 Å². The molecule has 0 unspecified atom stereocenters.